The highest BCUT2D eigenvalue weighted by atomic mass is 16.3. The van der Waals surface area contributed by atoms with Crippen LogP contribution in [0.5, 0.6) is 0 Å². The van der Waals surface area contributed by atoms with Crippen LogP contribution in [-0.2, 0) is 0 Å². The molecule has 2 aliphatic rings. The van der Waals surface area contributed by atoms with Crippen molar-refractivity contribution in [3.63, 3.8) is 0 Å². The number of hydrogen-bond donors (Lipinski definition) is 1. The van der Waals surface area contributed by atoms with Gasteiger partial charge in [0.1, 0.15) is 0 Å². The second-order valence-corrected chi connectivity index (χ2v) is 6.38. The fourth-order valence-corrected chi connectivity index (χ4v) is 3.03. The molecule has 1 aliphatic heterocycles. The van der Waals surface area contributed by atoms with Gasteiger partial charge in [0.15, 0.2) is 0 Å². The first-order valence-electron chi connectivity index (χ1n) is 5.20. The molecule has 1 aliphatic carbocycles. The van der Waals surface area contributed by atoms with Crippen LogP contribution in [0.4, 0.5) is 0 Å². The topological polar surface area (TPSA) is 23.5 Å². The maximum atomic E-state index is 9.68. The van der Waals surface area contributed by atoms with Crippen LogP contribution in [-0.4, -0.2) is 34.2 Å². The summed E-state index contributed by atoms with van der Waals surface area (Å²) in [6.07, 6.45) is 2.01. The molecule has 0 atom stereocenters. The third-order valence-electron chi connectivity index (χ3n) is 3.51. The summed E-state index contributed by atoms with van der Waals surface area (Å²) in [7, 11) is 0. The largest absolute Gasteiger partial charge is 0.390 e. The normalized spacial score (nSPS) is 31.2. The van der Waals surface area contributed by atoms with E-state index in [2.05, 4.69) is 25.7 Å². The van der Waals surface area contributed by atoms with Gasteiger partial charge in [0.25, 0.3) is 0 Å². The SMILES string of the molecule is CC1(O)CC2(CN(C(C)(C)C)C2)C1. The molecule has 0 aromatic rings. The van der Waals surface area contributed by atoms with Crippen LogP contribution in [0.25, 0.3) is 0 Å². The molecule has 0 aromatic carbocycles. The lowest BCUT2D eigenvalue weighted by Crippen LogP contribution is -2.70. The Morgan fingerprint density at radius 2 is 1.62 bits per heavy atom. The third-order valence-corrected chi connectivity index (χ3v) is 3.51. The second-order valence-electron chi connectivity index (χ2n) is 6.38. The van der Waals surface area contributed by atoms with Crippen LogP contribution in [0.1, 0.15) is 40.5 Å². The minimum absolute atomic E-state index is 0.312. The van der Waals surface area contributed by atoms with E-state index in [4.69, 9.17) is 0 Å². The summed E-state index contributed by atoms with van der Waals surface area (Å²) in [5, 5.41) is 9.68. The summed E-state index contributed by atoms with van der Waals surface area (Å²) in [5.41, 5.74) is 0.438. The minimum atomic E-state index is -0.357. The van der Waals surface area contributed by atoms with Crippen LogP contribution < -0.4 is 0 Å². The maximum absolute atomic E-state index is 9.68. The zero-order valence-electron chi connectivity index (χ0n) is 9.22. The molecule has 0 unspecified atom stereocenters. The van der Waals surface area contributed by atoms with E-state index >= 15 is 0 Å². The molecule has 1 saturated carbocycles. The molecule has 0 radical (unpaired) electrons. The Kier molecular flexibility index (Phi) is 1.67. The van der Waals surface area contributed by atoms with Crippen molar-refractivity contribution in [2.45, 2.75) is 51.7 Å². The summed E-state index contributed by atoms with van der Waals surface area (Å²) in [4.78, 5) is 2.50. The molecule has 2 rings (SSSR count). The highest BCUT2D eigenvalue weighted by molar-refractivity contribution is 5.11. The molecule has 13 heavy (non-hydrogen) atoms. The van der Waals surface area contributed by atoms with Crippen LogP contribution in [0.2, 0.25) is 0 Å². The van der Waals surface area contributed by atoms with Crippen molar-refractivity contribution >= 4 is 0 Å². The van der Waals surface area contributed by atoms with Crippen molar-refractivity contribution in [1.82, 2.24) is 4.90 Å². The third kappa shape index (κ3) is 1.50. The first kappa shape index (κ1) is 9.47. The van der Waals surface area contributed by atoms with E-state index in [9.17, 15) is 5.11 Å². The highest BCUT2D eigenvalue weighted by Gasteiger charge is 2.58. The zero-order chi connectivity index (χ0) is 9.91. The van der Waals surface area contributed by atoms with Crippen LogP contribution in [0, 0.1) is 5.41 Å². The average Bonchev–Trinajstić information content (AvgIpc) is 1.72. The van der Waals surface area contributed by atoms with Gasteiger partial charge in [0.05, 0.1) is 5.60 Å². The lowest BCUT2D eigenvalue weighted by atomic mass is 9.55. The van der Waals surface area contributed by atoms with E-state index in [1.54, 1.807) is 0 Å². The van der Waals surface area contributed by atoms with Gasteiger partial charge in [0.2, 0.25) is 0 Å². The van der Waals surface area contributed by atoms with Gasteiger partial charge in [-0.05, 0) is 40.5 Å². The lowest BCUT2D eigenvalue weighted by molar-refractivity contribution is -0.198. The van der Waals surface area contributed by atoms with E-state index in [1.807, 2.05) is 6.92 Å². The van der Waals surface area contributed by atoms with Crippen molar-refractivity contribution in [3.8, 4) is 0 Å². The first-order valence-corrected chi connectivity index (χ1v) is 5.20. The molecule has 2 nitrogen and oxygen atoms in total. The Morgan fingerprint density at radius 3 is 1.92 bits per heavy atom. The molecule has 0 amide bonds. The molecule has 1 spiro atoms. The Labute approximate surface area is 80.9 Å². The van der Waals surface area contributed by atoms with Gasteiger partial charge in [0, 0.05) is 24.0 Å². The smallest absolute Gasteiger partial charge is 0.0632 e. The molecule has 2 fully saturated rings. The standard InChI is InChI=1S/C11H21NO/c1-9(2,3)12-7-11(8-12)5-10(4,13)6-11/h13H,5-8H2,1-4H3. The molecular weight excluding hydrogens is 162 g/mol. The fourth-order valence-electron chi connectivity index (χ4n) is 3.03. The summed E-state index contributed by atoms with van der Waals surface area (Å²) in [6.45, 7) is 11.1. The molecule has 0 bridgehead atoms. The molecule has 1 saturated heterocycles. The Bertz CT molecular complexity index is 211. The number of rotatable bonds is 0. The van der Waals surface area contributed by atoms with Crippen LogP contribution >= 0.6 is 0 Å². The van der Waals surface area contributed by atoms with Gasteiger partial charge in [-0.3, -0.25) is 4.90 Å². The average molecular weight is 183 g/mol. The predicted molar refractivity (Wildman–Crippen MR) is 53.6 cm³/mol. The van der Waals surface area contributed by atoms with Gasteiger partial charge in [-0.2, -0.15) is 0 Å². The monoisotopic (exact) mass is 183 g/mol. The van der Waals surface area contributed by atoms with Crippen LogP contribution in [0.3, 0.4) is 0 Å². The molecule has 0 aromatic heterocycles. The number of likely N-dealkylation sites (tertiary alicyclic amines) is 1. The van der Waals surface area contributed by atoms with Gasteiger partial charge in [-0.15, -0.1) is 0 Å². The van der Waals surface area contributed by atoms with Crippen LogP contribution in [0.15, 0.2) is 0 Å². The van der Waals surface area contributed by atoms with Crippen molar-refractivity contribution in [2.24, 2.45) is 5.41 Å². The number of aliphatic hydroxyl groups is 1. The second kappa shape index (κ2) is 2.29. The summed E-state index contributed by atoms with van der Waals surface area (Å²) in [6, 6.07) is 0. The number of nitrogens with zero attached hydrogens (tertiary/aromatic N) is 1. The molecule has 2 heteroatoms. The summed E-state index contributed by atoms with van der Waals surface area (Å²) < 4.78 is 0. The van der Waals surface area contributed by atoms with E-state index in [0.717, 1.165) is 12.8 Å². The Balaban J connectivity index is 1.87. The summed E-state index contributed by atoms with van der Waals surface area (Å²) >= 11 is 0. The molecule has 76 valence electrons. The van der Waals surface area contributed by atoms with E-state index in [1.165, 1.54) is 13.1 Å². The summed E-state index contributed by atoms with van der Waals surface area (Å²) in [5.74, 6) is 0. The maximum Gasteiger partial charge on any atom is 0.0632 e. The predicted octanol–water partition coefficient (Wildman–Crippen LogP) is 1.63. The first-order chi connectivity index (χ1) is 5.73. The highest BCUT2D eigenvalue weighted by Crippen LogP contribution is 2.55. The lowest BCUT2D eigenvalue weighted by Gasteiger charge is -2.64. The van der Waals surface area contributed by atoms with E-state index in [-0.39, 0.29) is 5.60 Å². The Hall–Kier alpha value is -0.0800. The van der Waals surface area contributed by atoms with Gasteiger partial charge >= 0.3 is 0 Å². The zero-order valence-corrected chi connectivity index (χ0v) is 9.22. The number of hydrogen-bond acceptors (Lipinski definition) is 2. The van der Waals surface area contributed by atoms with Gasteiger partial charge < -0.3 is 5.11 Å². The van der Waals surface area contributed by atoms with Crippen molar-refractivity contribution in [3.05, 3.63) is 0 Å². The van der Waals surface area contributed by atoms with Crippen molar-refractivity contribution in [2.75, 3.05) is 13.1 Å². The molecule has 1 N–H and O–H groups in total. The quantitative estimate of drug-likeness (QED) is 0.617. The minimum Gasteiger partial charge on any atom is -0.390 e. The molecule has 1 heterocycles. The Morgan fingerprint density at radius 1 is 1.15 bits per heavy atom. The van der Waals surface area contributed by atoms with E-state index < -0.39 is 0 Å². The van der Waals surface area contributed by atoms with Crippen molar-refractivity contribution in [1.29, 1.82) is 0 Å². The van der Waals surface area contributed by atoms with Gasteiger partial charge in [-0.25, -0.2) is 0 Å². The van der Waals surface area contributed by atoms with E-state index in [0.29, 0.717) is 11.0 Å². The molecular formula is C11H21NO. The van der Waals surface area contributed by atoms with Gasteiger partial charge in [-0.1, -0.05) is 0 Å². The van der Waals surface area contributed by atoms with Crippen molar-refractivity contribution < 1.29 is 5.11 Å². The fraction of sp³-hybridized carbons (Fsp3) is 1.00.